The second-order valence-electron chi connectivity index (χ2n) is 5.14. The summed E-state index contributed by atoms with van der Waals surface area (Å²) in [4.78, 5) is 23.9. The smallest absolute Gasteiger partial charge is 0.315 e. The van der Waals surface area contributed by atoms with Gasteiger partial charge in [0, 0.05) is 0 Å². The Kier molecular flexibility index (Phi) is 6.77. The van der Waals surface area contributed by atoms with Crippen LogP contribution in [0.5, 0.6) is 0 Å². The Labute approximate surface area is 141 Å². The molecule has 0 saturated carbocycles. The summed E-state index contributed by atoms with van der Waals surface area (Å²) in [6.45, 7) is 2.02. The van der Waals surface area contributed by atoms with E-state index in [2.05, 4.69) is 0 Å². The third-order valence-electron chi connectivity index (χ3n) is 3.19. The van der Waals surface area contributed by atoms with Gasteiger partial charge in [-0.05, 0) is 24.1 Å². The van der Waals surface area contributed by atoms with Crippen molar-refractivity contribution < 1.29 is 19.1 Å². The molecule has 0 bridgehead atoms. The molecule has 0 aromatic heterocycles. The van der Waals surface area contributed by atoms with Crippen LogP contribution in [0.2, 0.25) is 0 Å². The van der Waals surface area contributed by atoms with E-state index in [-0.39, 0.29) is 25.2 Å². The van der Waals surface area contributed by atoms with E-state index in [1.807, 2.05) is 60.7 Å². The van der Waals surface area contributed by atoms with Crippen molar-refractivity contribution in [1.82, 2.24) is 0 Å². The lowest BCUT2D eigenvalue weighted by atomic mass is 10.1. The molecule has 2 rings (SSSR count). The monoisotopic (exact) mass is 324 g/mol. The van der Waals surface area contributed by atoms with Gasteiger partial charge in [0.15, 0.2) is 0 Å². The Morgan fingerprint density at radius 3 is 2.17 bits per heavy atom. The van der Waals surface area contributed by atoms with Gasteiger partial charge >= 0.3 is 11.9 Å². The van der Waals surface area contributed by atoms with Gasteiger partial charge in [-0.3, -0.25) is 9.59 Å². The van der Waals surface area contributed by atoms with Gasteiger partial charge in [-0.1, -0.05) is 60.7 Å². The molecule has 0 aliphatic carbocycles. The van der Waals surface area contributed by atoms with E-state index in [0.717, 1.165) is 11.1 Å². The fraction of sp³-hybridized carbons (Fsp3) is 0.200. The van der Waals surface area contributed by atoms with Crippen LogP contribution in [0.4, 0.5) is 0 Å². The highest BCUT2D eigenvalue weighted by Crippen LogP contribution is 2.14. The third kappa shape index (κ3) is 6.08. The Bertz CT molecular complexity index is 690. The molecular formula is C20H20O4. The maximum Gasteiger partial charge on any atom is 0.315 e. The molecule has 0 fully saturated rings. The fourth-order valence-electron chi connectivity index (χ4n) is 2.15. The summed E-state index contributed by atoms with van der Waals surface area (Å²) >= 11 is 0. The first kappa shape index (κ1) is 17.5. The lowest BCUT2D eigenvalue weighted by Crippen LogP contribution is -2.12. The summed E-state index contributed by atoms with van der Waals surface area (Å²) in [6, 6.07) is 18.7. The van der Waals surface area contributed by atoms with Crippen molar-refractivity contribution in [2.45, 2.75) is 19.8 Å². The molecule has 4 nitrogen and oxygen atoms in total. The average molecular weight is 324 g/mol. The summed E-state index contributed by atoms with van der Waals surface area (Å²) in [5, 5.41) is 0. The fourth-order valence-corrected chi connectivity index (χ4v) is 2.15. The van der Waals surface area contributed by atoms with Gasteiger partial charge < -0.3 is 9.47 Å². The van der Waals surface area contributed by atoms with Crippen molar-refractivity contribution in [2.24, 2.45) is 0 Å². The Morgan fingerprint density at radius 1 is 0.917 bits per heavy atom. The van der Waals surface area contributed by atoms with E-state index in [0.29, 0.717) is 0 Å². The summed E-state index contributed by atoms with van der Waals surface area (Å²) in [5.41, 5.74) is 1.71. The highest BCUT2D eigenvalue weighted by atomic mass is 16.6. The van der Waals surface area contributed by atoms with Gasteiger partial charge in [0.25, 0.3) is 0 Å². The summed E-state index contributed by atoms with van der Waals surface area (Å²) in [5.74, 6) is -0.555. The van der Waals surface area contributed by atoms with E-state index < -0.39 is 11.9 Å². The number of esters is 2. The van der Waals surface area contributed by atoms with Gasteiger partial charge in [-0.15, -0.1) is 0 Å². The molecule has 4 heteroatoms. The number of rotatable bonds is 7. The molecule has 0 radical (unpaired) electrons. The van der Waals surface area contributed by atoms with Crippen molar-refractivity contribution in [2.75, 3.05) is 6.61 Å². The first-order valence-corrected chi connectivity index (χ1v) is 7.83. The maximum absolute atomic E-state index is 12.1. The van der Waals surface area contributed by atoms with Crippen LogP contribution < -0.4 is 0 Å². The summed E-state index contributed by atoms with van der Waals surface area (Å²) in [6.07, 6.45) is 1.75. The maximum atomic E-state index is 12.1. The second kappa shape index (κ2) is 9.30. The van der Waals surface area contributed by atoms with Crippen molar-refractivity contribution in [3.8, 4) is 0 Å². The van der Waals surface area contributed by atoms with Gasteiger partial charge in [0.1, 0.15) is 12.2 Å². The number of hydrogen-bond donors (Lipinski definition) is 0. The molecule has 124 valence electrons. The van der Waals surface area contributed by atoms with Crippen molar-refractivity contribution >= 4 is 18.0 Å². The molecule has 24 heavy (non-hydrogen) atoms. The topological polar surface area (TPSA) is 52.6 Å². The minimum Gasteiger partial charge on any atom is -0.466 e. The highest BCUT2D eigenvalue weighted by molar-refractivity contribution is 5.78. The van der Waals surface area contributed by atoms with Gasteiger partial charge in [0.2, 0.25) is 0 Å². The Morgan fingerprint density at radius 2 is 1.54 bits per heavy atom. The lowest BCUT2D eigenvalue weighted by Gasteiger charge is -2.09. The highest BCUT2D eigenvalue weighted by Gasteiger charge is 2.13. The largest absolute Gasteiger partial charge is 0.466 e. The molecule has 0 amide bonds. The molecule has 2 aromatic carbocycles. The number of carbonyl (C=O) groups is 2. The minimum absolute atomic E-state index is 0.0801. The number of carbonyl (C=O) groups excluding carboxylic acids is 2. The van der Waals surface area contributed by atoms with E-state index >= 15 is 0 Å². The van der Waals surface area contributed by atoms with Crippen molar-refractivity contribution in [3.63, 3.8) is 0 Å². The first-order chi connectivity index (χ1) is 11.7. The minimum atomic E-state index is -0.424. The van der Waals surface area contributed by atoms with Crippen LogP contribution in [-0.2, 0) is 25.5 Å². The summed E-state index contributed by atoms with van der Waals surface area (Å²) < 4.78 is 10.3. The molecule has 2 aromatic rings. The van der Waals surface area contributed by atoms with E-state index in [1.54, 1.807) is 13.0 Å². The van der Waals surface area contributed by atoms with Crippen molar-refractivity contribution in [3.05, 3.63) is 77.5 Å². The SMILES string of the molecule is CCOC(=O)CC(=Cc1ccccc1)OC(=O)Cc1ccccc1. The quantitative estimate of drug-likeness (QED) is 0.575. The average Bonchev–Trinajstić information content (AvgIpc) is 2.56. The van der Waals surface area contributed by atoms with Crippen LogP contribution in [0.3, 0.4) is 0 Å². The lowest BCUT2D eigenvalue weighted by molar-refractivity contribution is -0.144. The zero-order chi connectivity index (χ0) is 17.2. The van der Waals surface area contributed by atoms with Crippen LogP contribution in [0.25, 0.3) is 6.08 Å². The molecule has 0 N–H and O–H groups in total. The second-order valence-corrected chi connectivity index (χ2v) is 5.14. The third-order valence-corrected chi connectivity index (χ3v) is 3.19. The van der Waals surface area contributed by atoms with Gasteiger partial charge in [0.05, 0.1) is 13.0 Å². The van der Waals surface area contributed by atoms with Crippen LogP contribution in [0, 0.1) is 0 Å². The molecule has 0 unspecified atom stereocenters. The predicted molar refractivity (Wildman–Crippen MR) is 91.9 cm³/mol. The number of hydrogen-bond acceptors (Lipinski definition) is 4. The van der Waals surface area contributed by atoms with Crippen molar-refractivity contribution in [1.29, 1.82) is 0 Å². The molecular weight excluding hydrogens is 304 g/mol. The molecule has 0 aliphatic heterocycles. The van der Waals surface area contributed by atoms with Crippen LogP contribution in [-0.4, -0.2) is 18.5 Å². The molecule has 0 aliphatic rings. The first-order valence-electron chi connectivity index (χ1n) is 7.83. The normalized spacial score (nSPS) is 11.0. The molecule has 0 atom stereocenters. The number of benzene rings is 2. The van der Waals surface area contributed by atoms with Gasteiger partial charge in [-0.25, -0.2) is 0 Å². The van der Waals surface area contributed by atoms with E-state index in [9.17, 15) is 9.59 Å². The standard InChI is InChI=1S/C20H20O4/c1-2-23-19(21)15-18(13-16-9-5-3-6-10-16)24-20(22)14-17-11-7-4-8-12-17/h3-13H,2,14-15H2,1H3. The van der Waals surface area contributed by atoms with E-state index in [4.69, 9.17) is 9.47 Å². The Balaban J connectivity index is 2.08. The number of ether oxygens (including phenoxy) is 2. The van der Waals surface area contributed by atoms with E-state index in [1.165, 1.54) is 0 Å². The van der Waals surface area contributed by atoms with Gasteiger partial charge in [-0.2, -0.15) is 0 Å². The zero-order valence-corrected chi connectivity index (χ0v) is 13.6. The summed E-state index contributed by atoms with van der Waals surface area (Å²) in [7, 11) is 0. The molecule has 0 spiro atoms. The predicted octanol–water partition coefficient (Wildman–Crippen LogP) is 3.77. The molecule has 0 heterocycles. The Hall–Kier alpha value is -2.88. The van der Waals surface area contributed by atoms with Crippen LogP contribution >= 0.6 is 0 Å². The zero-order valence-electron chi connectivity index (χ0n) is 13.6. The van der Waals surface area contributed by atoms with Crippen LogP contribution in [0.15, 0.2) is 66.4 Å². The van der Waals surface area contributed by atoms with Crippen LogP contribution in [0.1, 0.15) is 24.5 Å². The molecule has 0 saturated heterocycles.